The fraction of sp³-hybridized carbons (Fsp3) is 0.375. The van der Waals surface area contributed by atoms with Crippen LogP contribution in [0, 0.1) is 0 Å². The van der Waals surface area contributed by atoms with Gasteiger partial charge < -0.3 is 5.32 Å². The van der Waals surface area contributed by atoms with Crippen LogP contribution in [0.25, 0.3) is 0 Å². The third-order valence-corrected chi connectivity index (χ3v) is 4.57. The van der Waals surface area contributed by atoms with E-state index in [0.717, 1.165) is 26.2 Å². The standard InChI is InChI=1S/C16H20N2S/c1-2-5-15-13-18(9-7-14(15)4-1)10-8-17-12-16-6-3-11-19-16/h1-6,11,17H,7-10,12-13H2. The lowest BCUT2D eigenvalue weighted by atomic mass is 10.00. The molecule has 0 atom stereocenters. The molecular formula is C16H20N2S. The minimum absolute atomic E-state index is 1.00. The first kappa shape index (κ1) is 12.9. The van der Waals surface area contributed by atoms with Gasteiger partial charge in [-0.2, -0.15) is 0 Å². The monoisotopic (exact) mass is 272 g/mol. The fourth-order valence-corrected chi connectivity index (χ4v) is 3.28. The maximum Gasteiger partial charge on any atom is 0.0300 e. The van der Waals surface area contributed by atoms with Crippen LogP contribution in [0.1, 0.15) is 16.0 Å². The quantitative estimate of drug-likeness (QED) is 0.842. The number of nitrogens with one attached hydrogen (secondary N) is 1. The van der Waals surface area contributed by atoms with Crippen LogP contribution in [0.5, 0.6) is 0 Å². The molecule has 0 unspecified atom stereocenters. The lowest BCUT2D eigenvalue weighted by Crippen LogP contribution is -2.35. The number of hydrogen-bond acceptors (Lipinski definition) is 3. The summed E-state index contributed by atoms with van der Waals surface area (Å²) in [5.41, 5.74) is 3.04. The third kappa shape index (κ3) is 3.44. The normalized spacial score (nSPS) is 15.4. The molecule has 100 valence electrons. The number of hydrogen-bond donors (Lipinski definition) is 1. The Morgan fingerprint density at radius 1 is 1.11 bits per heavy atom. The number of fused-ring (bicyclic) bond motifs is 1. The van der Waals surface area contributed by atoms with Gasteiger partial charge in [-0.1, -0.05) is 30.3 Å². The lowest BCUT2D eigenvalue weighted by Gasteiger charge is -2.28. The number of thiophene rings is 1. The molecule has 0 saturated carbocycles. The van der Waals surface area contributed by atoms with Gasteiger partial charge in [-0.05, 0) is 29.0 Å². The van der Waals surface area contributed by atoms with Crippen molar-refractivity contribution in [3.8, 4) is 0 Å². The molecule has 1 aromatic carbocycles. The minimum Gasteiger partial charge on any atom is -0.311 e. The molecule has 2 heterocycles. The Morgan fingerprint density at radius 3 is 2.84 bits per heavy atom. The van der Waals surface area contributed by atoms with Crippen LogP contribution in [0.15, 0.2) is 41.8 Å². The average molecular weight is 272 g/mol. The van der Waals surface area contributed by atoms with E-state index in [1.54, 1.807) is 0 Å². The highest BCUT2D eigenvalue weighted by Gasteiger charge is 2.14. The van der Waals surface area contributed by atoms with Crippen molar-refractivity contribution in [1.29, 1.82) is 0 Å². The molecule has 0 saturated heterocycles. The van der Waals surface area contributed by atoms with Crippen LogP contribution in [-0.4, -0.2) is 24.5 Å². The van der Waals surface area contributed by atoms with Crippen LogP contribution in [0.2, 0.25) is 0 Å². The van der Waals surface area contributed by atoms with E-state index < -0.39 is 0 Å². The van der Waals surface area contributed by atoms with Gasteiger partial charge >= 0.3 is 0 Å². The molecule has 0 radical (unpaired) electrons. The second-order valence-electron chi connectivity index (χ2n) is 5.05. The first-order valence-corrected chi connectivity index (χ1v) is 7.82. The van der Waals surface area contributed by atoms with E-state index in [1.807, 2.05) is 11.3 Å². The summed E-state index contributed by atoms with van der Waals surface area (Å²) in [5.74, 6) is 0. The topological polar surface area (TPSA) is 15.3 Å². The molecule has 3 rings (SSSR count). The van der Waals surface area contributed by atoms with E-state index in [4.69, 9.17) is 0 Å². The summed E-state index contributed by atoms with van der Waals surface area (Å²) in [6.45, 7) is 5.51. The van der Waals surface area contributed by atoms with E-state index in [2.05, 4.69) is 52.0 Å². The van der Waals surface area contributed by atoms with Gasteiger partial charge in [0.1, 0.15) is 0 Å². The number of rotatable bonds is 5. The van der Waals surface area contributed by atoms with E-state index in [1.165, 1.54) is 29.0 Å². The second kappa shape index (κ2) is 6.33. The third-order valence-electron chi connectivity index (χ3n) is 3.69. The van der Waals surface area contributed by atoms with Crippen LogP contribution in [-0.2, 0) is 19.5 Å². The maximum atomic E-state index is 3.53. The van der Waals surface area contributed by atoms with Gasteiger partial charge in [0.25, 0.3) is 0 Å². The predicted molar refractivity (Wildman–Crippen MR) is 81.4 cm³/mol. The molecule has 2 nitrogen and oxygen atoms in total. The van der Waals surface area contributed by atoms with Crippen molar-refractivity contribution in [2.45, 2.75) is 19.5 Å². The SMILES string of the molecule is c1csc(CNCCN2CCc3ccccc3C2)c1. The largest absolute Gasteiger partial charge is 0.311 e. The molecule has 1 N–H and O–H groups in total. The highest BCUT2D eigenvalue weighted by molar-refractivity contribution is 7.09. The molecular weight excluding hydrogens is 252 g/mol. The molecule has 0 fully saturated rings. The summed E-state index contributed by atoms with van der Waals surface area (Å²) in [7, 11) is 0. The van der Waals surface area contributed by atoms with Gasteiger partial charge in [-0.15, -0.1) is 11.3 Å². The van der Waals surface area contributed by atoms with Crippen molar-refractivity contribution >= 4 is 11.3 Å². The van der Waals surface area contributed by atoms with Crippen LogP contribution in [0.4, 0.5) is 0 Å². The molecule has 19 heavy (non-hydrogen) atoms. The zero-order valence-corrected chi connectivity index (χ0v) is 12.0. The molecule has 0 spiro atoms. The van der Waals surface area contributed by atoms with E-state index in [-0.39, 0.29) is 0 Å². The highest BCUT2D eigenvalue weighted by atomic mass is 32.1. The Bertz CT molecular complexity index is 507. The molecule has 1 aliphatic rings. The average Bonchev–Trinajstić information content (AvgIpc) is 2.97. The summed E-state index contributed by atoms with van der Waals surface area (Å²) in [6, 6.07) is 13.1. The molecule has 0 aliphatic carbocycles. The van der Waals surface area contributed by atoms with E-state index in [0.29, 0.717) is 0 Å². The Balaban J connectivity index is 1.42. The molecule has 0 amide bonds. The van der Waals surface area contributed by atoms with Crippen LogP contribution >= 0.6 is 11.3 Å². The van der Waals surface area contributed by atoms with Gasteiger partial charge in [0.15, 0.2) is 0 Å². The number of benzene rings is 1. The summed E-state index contributed by atoms with van der Waals surface area (Å²) in [5, 5.41) is 5.67. The van der Waals surface area contributed by atoms with Crippen LogP contribution < -0.4 is 5.32 Å². The van der Waals surface area contributed by atoms with E-state index >= 15 is 0 Å². The van der Waals surface area contributed by atoms with Gasteiger partial charge in [-0.25, -0.2) is 0 Å². The predicted octanol–water partition coefficient (Wildman–Crippen LogP) is 2.90. The first-order valence-electron chi connectivity index (χ1n) is 6.94. The molecule has 2 aromatic rings. The minimum atomic E-state index is 1.00. The van der Waals surface area contributed by atoms with Crippen molar-refractivity contribution in [1.82, 2.24) is 10.2 Å². The summed E-state index contributed by atoms with van der Waals surface area (Å²) in [6.07, 6.45) is 1.20. The molecule has 1 aromatic heterocycles. The van der Waals surface area contributed by atoms with Gasteiger partial charge in [0, 0.05) is 37.6 Å². The maximum absolute atomic E-state index is 3.53. The van der Waals surface area contributed by atoms with Crippen molar-refractivity contribution in [2.24, 2.45) is 0 Å². The lowest BCUT2D eigenvalue weighted by molar-refractivity contribution is 0.254. The smallest absolute Gasteiger partial charge is 0.0300 e. The van der Waals surface area contributed by atoms with Crippen molar-refractivity contribution in [3.63, 3.8) is 0 Å². The van der Waals surface area contributed by atoms with Gasteiger partial charge in [0.05, 0.1) is 0 Å². The Labute approximate surface area is 119 Å². The van der Waals surface area contributed by atoms with Crippen LogP contribution in [0.3, 0.4) is 0 Å². The van der Waals surface area contributed by atoms with E-state index in [9.17, 15) is 0 Å². The zero-order chi connectivity index (χ0) is 12.9. The summed E-state index contributed by atoms with van der Waals surface area (Å²) in [4.78, 5) is 3.97. The fourth-order valence-electron chi connectivity index (χ4n) is 2.61. The van der Waals surface area contributed by atoms with Crippen molar-refractivity contribution in [2.75, 3.05) is 19.6 Å². The molecule has 0 bridgehead atoms. The molecule has 1 aliphatic heterocycles. The second-order valence-corrected chi connectivity index (χ2v) is 6.08. The summed E-state index contributed by atoms with van der Waals surface area (Å²) < 4.78 is 0. The Hall–Kier alpha value is -1.16. The number of nitrogens with zero attached hydrogens (tertiary/aromatic N) is 1. The zero-order valence-electron chi connectivity index (χ0n) is 11.1. The van der Waals surface area contributed by atoms with Crippen molar-refractivity contribution < 1.29 is 0 Å². The first-order chi connectivity index (χ1) is 9.42. The molecule has 3 heteroatoms. The Morgan fingerprint density at radius 2 is 2.00 bits per heavy atom. The Kier molecular flexibility index (Phi) is 4.28. The highest BCUT2D eigenvalue weighted by Crippen LogP contribution is 2.17. The van der Waals surface area contributed by atoms with Gasteiger partial charge in [0.2, 0.25) is 0 Å². The summed E-state index contributed by atoms with van der Waals surface area (Å²) >= 11 is 1.82. The van der Waals surface area contributed by atoms with Crippen molar-refractivity contribution in [3.05, 3.63) is 57.8 Å². The van der Waals surface area contributed by atoms with Gasteiger partial charge in [-0.3, -0.25) is 4.90 Å².